The topological polar surface area (TPSA) is 62.7 Å². The van der Waals surface area contributed by atoms with Gasteiger partial charge in [0.2, 0.25) is 5.91 Å². The third-order valence-corrected chi connectivity index (χ3v) is 4.09. The summed E-state index contributed by atoms with van der Waals surface area (Å²) in [5.74, 6) is 1.06. The smallest absolute Gasteiger partial charge is 0.244 e. The van der Waals surface area contributed by atoms with E-state index in [0.29, 0.717) is 17.9 Å². The van der Waals surface area contributed by atoms with Crippen molar-refractivity contribution < 1.29 is 4.79 Å². The average molecular weight is 344 g/mol. The van der Waals surface area contributed by atoms with E-state index >= 15 is 0 Å². The van der Waals surface area contributed by atoms with Gasteiger partial charge in [-0.2, -0.15) is 5.10 Å². The number of aromatic nitrogens is 3. The molecule has 0 spiro atoms. The highest BCUT2D eigenvalue weighted by molar-refractivity contribution is 7.71. The van der Waals surface area contributed by atoms with Crippen molar-refractivity contribution in [2.75, 3.05) is 6.54 Å². The number of hydrogen-bond donors (Lipinski definition) is 2. The fourth-order valence-electron chi connectivity index (χ4n) is 2.51. The number of aromatic amines is 1. The number of nitrogens with zero attached hydrogens (tertiary/aromatic N) is 2. The highest BCUT2D eigenvalue weighted by Crippen LogP contribution is 2.12. The number of amides is 1. The first-order valence-corrected chi connectivity index (χ1v) is 8.47. The van der Waals surface area contributed by atoms with Crippen LogP contribution in [0.1, 0.15) is 42.3 Å². The lowest BCUT2D eigenvalue weighted by Crippen LogP contribution is -2.26. The molecular formula is C18H24N4OS. The minimum atomic E-state index is -0.115. The average Bonchev–Trinajstić information content (AvgIpc) is 2.88. The number of hydrogen-bond acceptors (Lipinski definition) is 3. The zero-order chi connectivity index (χ0) is 17.7. The standard InChI is InChI=1S/C18H24N4OS/c1-12(2)17-20-21-18(24)22(17)10-9-19-16(23)8-7-15-6-5-13(3)11-14(15)4/h5-8,11-12H,9-10H2,1-4H3,(H,19,23)(H,21,24). The van der Waals surface area contributed by atoms with Gasteiger partial charge < -0.3 is 9.88 Å². The van der Waals surface area contributed by atoms with Crippen LogP contribution in [0.25, 0.3) is 6.08 Å². The van der Waals surface area contributed by atoms with E-state index < -0.39 is 0 Å². The second-order valence-electron chi connectivity index (χ2n) is 6.18. The zero-order valence-corrected chi connectivity index (χ0v) is 15.4. The number of carbonyl (C=O) groups is 1. The lowest BCUT2D eigenvalue weighted by atomic mass is 10.1. The first kappa shape index (κ1) is 18.1. The second-order valence-corrected chi connectivity index (χ2v) is 6.56. The minimum Gasteiger partial charge on any atom is -0.351 e. The molecule has 5 nitrogen and oxygen atoms in total. The predicted octanol–water partition coefficient (Wildman–Crippen LogP) is 3.51. The Morgan fingerprint density at radius 1 is 1.42 bits per heavy atom. The zero-order valence-electron chi connectivity index (χ0n) is 14.6. The van der Waals surface area contributed by atoms with Crippen LogP contribution < -0.4 is 5.32 Å². The second kappa shape index (κ2) is 8.06. The van der Waals surface area contributed by atoms with Gasteiger partial charge in [-0.1, -0.05) is 37.6 Å². The molecule has 2 N–H and O–H groups in total. The van der Waals surface area contributed by atoms with Gasteiger partial charge in [0.15, 0.2) is 4.77 Å². The molecule has 0 saturated carbocycles. The number of benzene rings is 1. The molecule has 0 unspecified atom stereocenters. The van der Waals surface area contributed by atoms with E-state index in [4.69, 9.17) is 12.2 Å². The third kappa shape index (κ3) is 4.64. The number of H-pyrrole nitrogens is 1. The summed E-state index contributed by atoms with van der Waals surface area (Å²) < 4.78 is 2.51. The lowest BCUT2D eigenvalue weighted by Gasteiger charge is -2.09. The van der Waals surface area contributed by atoms with Gasteiger partial charge in [0.25, 0.3) is 0 Å². The maximum Gasteiger partial charge on any atom is 0.244 e. The van der Waals surface area contributed by atoms with Crippen LogP contribution in [-0.4, -0.2) is 27.2 Å². The first-order valence-electron chi connectivity index (χ1n) is 8.06. The molecular weight excluding hydrogens is 320 g/mol. The van der Waals surface area contributed by atoms with Crippen LogP contribution in [0.4, 0.5) is 0 Å². The van der Waals surface area contributed by atoms with Crippen LogP contribution >= 0.6 is 12.2 Å². The van der Waals surface area contributed by atoms with Crippen molar-refractivity contribution in [1.82, 2.24) is 20.1 Å². The first-order chi connectivity index (χ1) is 11.4. The highest BCUT2D eigenvalue weighted by atomic mass is 32.1. The highest BCUT2D eigenvalue weighted by Gasteiger charge is 2.09. The molecule has 0 atom stereocenters. The Hall–Kier alpha value is -2.21. The summed E-state index contributed by atoms with van der Waals surface area (Å²) >= 11 is 5.23. The van der Waals surface area contributed by atoms with Crippen LogP contribution in [0.15, 0.2) is 24.3 Å². The summed E-state index contributed by atoms with van der Waals surface area (Å²) in [5, 5.41) is 9.91. The van der Waals surface area contributed by atoms with E-state index in [1.54, 1.807) is 6.08 Å². The summed E-state index contributed by atoms with van der Waals surface area (Å²) in [6.45, 7) is 9.33. The number of rotatable bonds is 6. The van der Waals surface area contributed by atoms with Crippen LogP contribution in [0.3, 0.4) is 0 Å². The molecule has 0 bridgehead atoms. The Kier molecular flexibility index (Phi) is 6.09. The van der Waals surface area contributed by atoms with Crippen molar-refractivity contribution in [3.05, 3.63) is 51.6 Å². The van der Waals surface area contributed by atoms with Gasteiger partial charge in [-0.15, -0.1) is 0 Å². The van der Waals surface area contributed by atoms with Crippen molar-refractivity contribution in [2.24, 2.45) is 0 Å². The molecule has 2 rings (SSSR count). The van der Waals surface area contributed by atoms with Crippen LogP contribution in [0.5, 0.6) is 0 Å². The molecule has 0 aliphatic heterocycles. The van der Waals surface area contributed by atoms with E-state index in [1.807, 2.05) is 29.7 Å². The van der Waals surface area contributed by atoms with Crippen LogP contribution in [-0.2, 0) is 11.3 Å². The van der Waals surface area contributed by atoms with Gasteiger partial charge in [0.1, 0.15) is 5.82 Å². The summed E-state index contributed by atoms with van der Waals surface area (Å²) in [5.41, 5.74) is 3.42. The molecule has 0 radical (unpaired) electrons. The van der Waals surface area contributed by atoms with E-state index in [2.05, 4.69) is 42.4 Å². The largest absolute Gasteiger partial charge is 0.351 e. The fourth-order valence-corrected chi connectivity index (χ4v) is 2.75. The molecule has 1 aromatic carbocycles. The summed E-state index contributed by atoms with van der Waals surface area (Å²) in [6, 6.07) is 6.17. The minimum absolute atomic E-state index is 0.115. The molecule has 0 fully saturated rings. The fraction of sp³-hybridized carbons (Fsp3) is 0.389. The number of nitrogens with one attached hydrogen (secondary N) is 2. The van der Waals surface area contributed by atoms with Gasteiger partial charge in [0, 0.05) is 25.1 Å². The molecule has 128 valence electrons. The van der Waals surface area contributed by atoms with Crippen molar-refractivity contribution in [1.29, 1.82) is 0 Å². The molecule has 24 heavy (non-hydrogen) atoms. The van der Waals surface area contributed by atoms with Crippen molar-refractivity contribution in [3.63, 3.8) is 0 Å². The maximum absolute atomic E-state index is 12.0. The van der Waals surface area contributed by atoms with Crippen LogP contribution in [0, 0.1) is 18.6 Å². The SMILES string of the molecule is Cc1ccc(C=CC(=O)NCCn2c(C(C)C)n[nH]c2=S)c(C)c1. The molecule has 2 aromatic rings. The Balaban J connectivity index is 1.91. The third-order valence-electron chi connectivity index (χ3n) is 3.78. The molecule has 0 aliphatic carbocycles. The normalized spacial score (nSPS) is 11.4. The predicted molar refractivity (Wildman–Crippen MR) is 99.5 cm³/mol. The molecule has 6 heteroatoms. The van der Waals surface area contributed by atoms with Gasteiger partial charge in [0.05, 0.1) is 0 Å². The van der Waals surface area contributed by atoms with E-state index in [0.717, 1.165) is 17.0 Å². The van der Waals surface area contributed by atoms with Crippen molar-refractivity contribution in [2.45, 2.75) is 40.2 Å². The Morgan fingerprint density at radius 3 is 2.83 bits per heavy atom. The number of carbonyl (C=O) groups excluding carboxylic acids is 1. The molecule has 1 aromatic heterocycles. The summed E-state index contributed by atoms with van der Waals surface area (Å²) in [6.07, 6.45) is 3.41. The van der Waals surface area contributed by atoms with Crippen molar-refractivity contribution >= 4 is 24.2 Å². The molecule has 1 amide bonds. The molecule has 0 aliphatic rings. The molecule has 1 heterocycles. The lowest BCUT2D eigenvalue weighted by molar-refractivity contribution is -0.116. The monoisotopic (exact) mass is 344 g/mol. The Morgan fingerprint density at radius 2 is 2.17 bits per heavy atom. The van der Waals surface area contributed by atoms with Gasteiger partial charge in [-0.25, -0.2) is 0 Å². The molecule has 0 saturated heterocycles. The van der Waals surface area contributed by atoms with Gasteiger partial charge >= 0.3 is 0 Å². The summed E-state index contributed by atoms with van der Waals surface area (Å²) in [4.78, 5) is 12.0. The Labute approximate surface area is 147 Å². The summed E-state index contributed by atoms with van der Waals surface area (Å²) in [7, 11) is 0. The van der Waals surface area contributed by atoms with E-state index in [1.165, 1.54) is 5.56 Å². The van der Waals surface area contributed by atoms with E-state index in [-0.39, 0.29) is 11.8 Å². The van der Waals surface area contributed by atoms with E-state index in [9.17, 15) is 4.79 Å². The van der Waals surface area contributed by atoms with Crippen molar-refractivity contribution in [3.8, 4) is 0 Å². The quantitative estimate of drug-likeness (QED) is 0.623. The van der Waals surface area contributed by atoms with Gasteiger partial charge in [-0.3, -0.25) is 9.89 Å². The maximum atomic E-state index is 12.0. The number of aryl methyl sites for hydroxylation is 2. The Bertz CT molecular complexity index is 802. The van der Waals surface area contributed by atoms with Gasteiger partial charge in [-0.05, 0) is 43.3 Å². The van der Waals surface area contributed by atoms with Crippen LogP contribution in [0.2, 0.25) is 0 Å².